The first-order valence-electron chi connectivity index (χ1n) is 7.44. The van der Waals surface area contributed by atoms with Gasteiger partial charge in [0.25, 0.3) is 0 Å². The topological polar surface area (TPSA) is 67.8 Å². The van der Waals surface area contributed by atoms with E-state index in [4.69, 9.17) is 9.47 Å². The van der Waals surface area contributed by atoms with Gasteiger partial charge >= 0.3 is 6.09 Å². The van der Waals surface area contributed by atoms with Gasteiger partial charge in [0.05, 0.1) is 6.10 Å². The molecule has 0 aromatic heterocycles. The van der Waals surface area contributed by atoms with Crippen molar-refractivity contribution in [2.45, 2.75) is 38.0 Å². The lowest BCUT2D eigenvalue weighted by molar-refractivity contribution is -0.146. The highest BCUT2D eigenvalue weighted by Crippen LogP contribution is 2.48. The lowest BCUT2D eigenvalue weighted by Gasteiger charge is -2.55. The normalized spacial score (nSPS) is 26.9. The second-order valence-corrected chi connectivity index (χ2v) is 5.86. The van der Waals surface area contributed by atoms with Crippen molar-refractivity contribution in [1.82, 2.24) is 5.32 Å². The van der Waals surface area contributed by atoms with Crippen LogP contribution >= 0.6 is 0 Å². The number of rotatable bonds is 3. The number of hydrogen-bond acceptors (Lipinski definition) is 4. The van der Waals surface area contributed by atoms with Crippen LogP contribution < -0.4 is 5.32 Å². The van der Waals surface area contributed by atoms with Crippen molar-refractivity contribution in [3.63, 3.8) is 0 Å². The second kappa shape index (κ2) is 6.03. The first-order valence-corrected chi connectivity index (χ1v) is 7.44. The van der Waals surface area contributed by atoms with E-state index in [1.165, 1.54) is 0 Å². The molecule has 114 valence electrons. The number of aliphatic hydroxyl groups excluding tert-OH is 1. The molecule has 2 N–H and O–H groups in total. The molecule has 1 aromatic carbocycles. The Morgan fingerprint density at radius 2 is 2.05 bits per heavy atom. The summed E-state index contributed by atoms with van der Waals surface area (Å²) in [6.07, 6.45) is 1.41. The Balaban J connectivity index is 1.51. The van der Waals surface area contributed by atoms with E-state index in [1.54, 1.807) is 0 Å². The van der Waals surface area contributed by atoms with Crippen LogP contribution in [-0.2, 0) is 16.1 Å². The van der Waals surface area contributed by atoms with Crippen molar-refractivity contribution in [1.29, 1.82) is 0 Å². The summed E-state index contributed by atoms with van der Waals surface area (Å²) in [5, 5.41) is 13.0. The average molecular weight is 291 g/mol. The zero-order valence-corrected chi connectivity index (χ0v) is 12.0. The van der Waals surface area contributed by atoms with Crippen LogP contribution in [0.4, 0.5) is 4.79 Å². The second-order valence-electron chi connectivity index (χ2n) is 5.86. The van der Waals surface area contributed by atoms with Gasteiger partial charge in [-0.05, 0) is 24.8 Å². The number of ether oxygens (including phenoxy) is 2. The van der Waals surface area contributed by atoms with Crippen LogP contribution in [-0.4, -0.2) is 36.6 Å². The van der Waals surface area contributed by atoms with Crippen molar-refractivity contribution >= 4 is 6.09 Å². The van der Waals surface area contributed by atoms with E-state index in [0.717, 1.165) is 18.4 Å². The molecule has 5 heteroatoms. The molecular formula is C16H21NO4. The number of carbonyl (C=O) groups is 1. The Hall–Kier alpha value is -1.59. The predicted octanol–water partition coefficient (Wildman–Crippen LogP) is 1.84. The quantitative estimate of drug-likeness (QED) is 0.891. The Morgan fingerprint density at radius 3 is 2.71 bits per heavy atom. The van der Waals surface area contributed by atoms with E-state index in [0.29, 0.717) is 19.6 Å². The molecular weight excluding hydrogens is 270 g/mol. The summed E-state index contributed by atoms with van der Waals surface area (Å²) in [5.74, 6) is 0. The third kappa shape index (κ3) is 2.89. The van der Waals surface area contributed by atoms with Crippen molar-refractivity contribution in [2.75, 3.05) is 13.2 Å². The SMILES string of the molecule is O=C(NC1CC(O)C12CCOCC2)OCc1ccccc1. The molecule has 1 aliphatic carbocycles. The fourth-order valence-electron chi connectivity index (χ4n) is 3.31. The Labute approximate surface area is 124 Å². The maximum Gasteiger partial charge on any atom is 0.407 e. The molecule has 2 fully saturated rings. The lowest BCUT2D eigenvalue weighted by Crippen LogP contribution is -2.65. The highest BCUT2D eigenvalue weighted by atomic mass is 16.5. The van der Waals surface area contributed by atoms with E-state index in [2.05, 4.69) is 5.32 Å². The molecule has 1 aromatic rings. The highest BCUT2D eigenvalue weighted by Gasteiger charge is 2.55. The molecule has 1 spiro atoms. The van der Waals surface area contributed by atoms with E-state index in [-0.39, 0.29) is 24.2 Å². The maximum absolute atomic E-state index is 11.9. The van der Waals surface area contributed by atoms with Gasteiger partial charge in [-0.2, -0.15) is 0 Å². The minimum atomic E-state index is -0.415. The van der Waals surface area contributed by atoms with Gasteiger partial charge in [0, 0.05) is 24.7 Å². The first-order chi connectivity index (χ1) is 10.2. The zero-order chi connectivity index (χ0) is 14.7. The van der Waals surface area contributed by atoms with Crippen molar-refractivity contribution in [3.05, 3.63) is 35.9 Å². The minimum absolute atomic E-state index is 0.0142. The molecule has 0 radical (unpaired) electrons. The molecule has 1 aliphatic heterocycles. The number of alkyl carbamates (subject to hydrolysis) is 1. The molecule has 1 saturated heterocycles. The Morgan fingerprint density at radius 1 is 1.33 bits per heavy atom. The number of benzene rings is 1. The summed E-state index contributed by atoms with van der Waals surface area (Å²) in [7, 11) is 0. The van der Waals surface area contributed by atoms with Gasteiger partial charge in [-0.3, -0.25) is 0 Å². The van der Waals surface area contributed by atoms with Gasteiger partial charge < -0.3 is 19.9 Å². The van der Waals surface area contributed by atoms with Gasteiger partial charge in [-0.15, -0.1) is 0 Å². The maximum atomic E-state index is 11.9. The number of amides is 1. The molecule has 0 bridgehead atoms. The van der Waals surface area contributed by atoms with Crippen molar-refractivity contribution in [3.8, 4) is 0 Å². The summed E-state index contributed by atoms with van der Waals surface area (Å²) in [6.45, 7) is 1.56. The number of nitrogens with one attached hydrogen (secondary N) is 1. The van der Waals surface area contributed by atoms with Crippen molar-refractivity contribution in [2.24, 2.45) is 5.41 Å². The van der Waals surface area contributed by atoms with Gasteiger partial charge in [0.15, 0.2) is 0 Å². The smallest absolute Gasteiger partial charge is 0.407 e. The summed E-state index contributed by atoms with van der Waals surface area (Å²) in [5.41, 5.74) is 0.742. The fraction of sp³-hybridized carbons (Fsp3) is 0.562. The number of aliphatic hydroxyl groups is 1. The summed E-state index contributed by atoms with van der Waals surface area (Å²) >= 11 is 0. The molecule has 5 nitrogen and oxygen atoms in total. The van der Waals surface area contributed by atoms with Crippen LogP contribution in [0, 0.1) is 5.41 Å². The van der Waals surface area contributed by atoms with Gasteiger partial charge in [-0.1, -0.05) is 30.3 Å². The van der Waals surface area contributed by atoms with Crippen LogP contribution in [0.3, 0.4) is 0 Å². The van der Waals surface area contributed by atoms with Crippen LogP contribution in [0.15, 0.2) is 30.3 Å². The van der Waals surface area contributed by atoms with Crippen LogP contribution in [0.1, 0.15) is 24.8 Å². The fourth-order valence-corrected chi connectivity index (χ4v) is 3.31. The molecule has 2 aliphatic rings. The van der Waals surface area contributed by atoms with Crippen LogP contribution in [0.25, 0.3) is 0 Å². The van der Waals surface area contributed by atoms with Gasteiger partial charge in [0.2, 0.25) is 0 Å². The monoisotopic (exact) mass is 291 g/mol. The lowest BCUT2D eigenvalue weighted by atomic mass is 9.58. The zero-order valence-electron chi connectivity index (χ0n) is 12.0. The first kappa shape index (κ1) is 14.4. The summed E-state index contributed by atoms with van der Waals surface area (Å²) in [4.78, 5) is 11.9. The molecule has 1 saturated carbocycles. The average Bonchev–Trinajstić information content (AvgIpc) is 2.54. The van der Waals surface area contributed by atoms with E-state index >= 15 is 0 Å². The van der Waals surface area contributed by atoms with E-state index < -0.39 is 6.09 Å². The van der Waals surface area contributed by atoms with Crippen LogP contribution in [0.2, 0.25) is 0 Å². The van der Waals surface area contributed by atoms with Gasteiger partial charge in [0.1, 0.15) is 6.61 Å². The van der Waals surface area contributed by atoms with Crippen LogP contribution in [0.5, 0.6) is 0 Å². The van der Waals surface area contributed by atoms with Crippen molar-refractivity contribution < 1.29 is 19.4 Å². The molecule has 3 rings (SSSR count). The molecule has 1 heterocycles. The highest BCUT2D eigenvalue weighted by molar-refractivity contribution is 5.68. The summed E-state index contributed by atoms with van der Waals surface area (Å²) < 4.78 is 10.6. The largest absolute Gasteiger partial charge is 0.445 e. The van der Waals surface area contributed by atoms with E-state index in [1.807, 2.05) is 30.3 Å². The number of hydrogen-bond donors (Lipinski definition) is 2. The third-order valence-electron chi connectivity index (χ3n) is 4.75. The molecule has 21 heavy (non-hydrogen) atoms. The predicted molar refractivity (Wildman–Crippen MR) is 76.7 cm³/mol. The summed E-state index contributed by atoms with van der Waals surface area (Å²) in [6, 6.07) is 9.57. The van der Waals surface area contributed by atoms with Gasteiger partial charge in [-0.25, -0.2) is 4.79 Å². The molecule has 2 atom stereocenters. The molecule has 2 unspecified atom stereocenters. The minimum Gasteiger partial charge on any atom is -0.445 e. The molecule has 1 amide bonds. The van der Waals surface area contributed by atoms with E-state index in [9.17, 15) is 9.90 Å². The number of carbonyl (C=O) groups excluding carboxylic acids is 1. The Kier molecular flexibility index (Phi) is 4.12. The standard InChI is InChI=1S/C16H21NO4/c18-14-10-13(16(14)6-8-20-9-7-16)17-15(19)21-11-12-4-2-1-3-5-12/h1-5,13-14,18H,6-11H2,(H,17,19). The Bertz CT molecular complexity index is 484. The third-order valence-corrected chi connectivity index (χ3v) is 4.75.